The maximum absolute atomic E-state index is 12.1. The monoisotopic (exact) mass is 296 g/mol. The van der Waals surface area contributed by atoms with Gasteiger partial charge < -0.3 is 10.2 Å². The normalized spacial score (nSPS) is 17.9. The molecule has 1 N–H and O–H groups in total. The van der Waals surface area contributed by atoms with E-state index in [4.69, 9.17) is 0 Å². The Hall–Kier alpha value is -2.27. The first-order valence-corrected chi connectivity index (χ1v) is 7.57. The second-order valence-corrected chi connectivity index (χ2v) is 5.71. The highest BCUT2D eigenvalue weighted by molar-refractivity contribution is 5.78. The molecule has 114 valence electrons. The highest BCUT2D eigenvalue weighted by Crippen LogP contribution is 2.19. The average Bonchev–Trinajstić information content (AvgIpc) is 2.89. The van der Waals surface area contributed by atoms with Gasteiger partial charge in [-0.25, -0.2) is 9.97 Å². The van der Waals surface area contributed by atoms with E-state index < -0.39 is 0 Å². The van der Waals surface area contributed by atoms with Crippen molar-refractivity contribution < 1.29 is 4.79 Å². The zero-order valence-corrected chi connectivity index (χ0v) is 12.5. The van der Waals surface area contributed by atoms with E-state index in [2.05, 4.69) is 27.4 Å². The second-order valence-electron chi connectivity index (χ2n) is 5.71. The molecule has 2 heterocycles. The molecule has 0 radical (unpaired) electrons. The number of hydrogen-bond acceptors (Lipinski definition) is 4. The van der Waals surface area contributed by atoms with Crippen LogP contribution in [0, 0.1) is 5.92 Å². The molecule has 1 aromatic carbocycles. The summed E-state index contributed by atoms with van der Waals surface area (Å²) in [6, 6.07) is 10.1. The Kier molecular flexibility index (Phi) is 4.75. The van der Waals surface area contributed by atoms with Crippen LogP contribution >= 0.6 is 0 Å². The SMILES string of the molecule is O=C1CC(CNCc2cncnc2)CN1Cc1ccccc1. The van der Waals surface area contributed by atoms with Gasteiger partial charge in [-0.15, -0.1) is 0 Å². The van der Waals surface area contributed by atoms with E-state index in [9.17, 15) is 4.79 Å². The highest BCUT2D eigenvalue weighted by Gasteiger charge is 2.28. The van der Waals surface area contributed by atoms with Crippen LogP contribution in [0.25, 0.3) is 0 Å². The number of carbonyl (C=O) groups excluding carboxylic acids is 1. The summed E-state index contributed by atoms with van der Waals surface area (Å²) >= 11 is 0. The summed E-state index contributed by atoms with van der Waals surface area (Å²) in [4.78, 5) is 22.0. The molecule has 0 saturated carbocycles. The number of amides is 1. The molecule has 0 aliphatic carbocycles. The van der Waals surface area contributed by atoms with Crippen molar-refractivity contribution >= 4 is 5.91 Å². The lowest BCUT2D eigenvalue weighted by molar-refractivity contribution is -0.128. The molecule has 1 aliphatic heterocycles. The van der Waals surface area contributed by atoms with Gasteiger partial charge in [-0.1, -0.05) is 30.3 Å². The molecule has 1 atom stereocenters. The van der Waals surface area contributed by atoms with Crippen molar-refractivity contribution in [1.29, 1.82) is 0 Å². The Morgan fingerprint density at radius 1 is 1.14 bits per heavy atom. The number of nitrogens with one attached hydrogen (secondary N) is 1. The first-order chi connectivity index (χ1) is 10.8. The van der Waals surface area contributed by atoms with Crippen molar-refractivity contribution in [2.75, 3.05) is 13.1 Å². The molecule has 1 unspecified atom stereocenters. The van der Waals surface area contributed by atoms with Gasteiger partial charge in [0.2, 0.25) is 5.91 Å². The number of carbonyl (C=O) groups is 1. The number of likely N-dealkylation sites (tertiary alicyclic amines) is 1. The van der Waals surface area contributed by atoms with Gasteiger partial charge in [0.1, 0.15) is 6.33 Å². The fourth-order valence-electron chi connectivity index (χ4n) is 2.79. The number of rotatable bonds is 6. The molecule has 5 heteroatoms. The molecule has 1 aliphatic rings. The zero-order valence-electron chi connectivity index (χ0n) is 12.5. The Labute approximate surface area is 130 Å². The Morgan fingerprint density at radius 2 is 1.91 bits per heavy atom. The van der Waals surface area contributed by atoms with Gasteiger partial charge in [0.15, 0.2) is 0 Å². The van der Waals surface area contributed by atoms with Gasteiger partial charge >= 0.3 is 0 Å². The fourth-order valence-corrected chi connectivity index (χ4v) is 2.79. The number of aromatic nitrogens is 2. The lowest BCUT2D eigenvalue weighted by Gasteiger charge is -2.17. The average molecular weight is 296 g/mol. The third-order valence-electron chi connectivity index (χ3n) is 3.89. The highest BCUT2D eigenvalue weighted by atomic mass is 16.2. The molecule has 1 aromatic heterocycles. The van der Waals surface area contributed by atoms with Crippen molar-refractivity contribution in [3.05, 3.63) is 60.2 Å². The maximum atomic E-state index is 12.1. The third kappa shape index (κ3) is 3.89. The molecule has 5 nitrogen and oxygen atoms in total. The summed E-state index contributed by atoms with van der Waals surface area (Å²) in [5, 5.41) is 3.39. The smallest absolute Gasteiger partial charge is 0.223 e. The van der Waals surface area contributed by atoms with Gasteiger partial charge in [0.25, 0.3) is 0 Å². The van der Waals surface area contributed by atoms with E-state index in [1.165, 1.54) is 11.9 Å². The van der Waals surface area contributed by atoms with E-state index in [1.807, 2.05) is 35.5 Å². The van der Waals surface area contributed by atoms with E-state index >= 15 is 0 Å². The zero-order chi connectivity index (χ0) is 15.2. The number of benzene rings is 1. The van der Waals surface area contributed by atoms with Crippen molar-refractivity contribution in [2.24, 2.45) is 5.92 Å². The molecule has 1 saturated heterocycles. The minimum absolute atomic E-state index is 0.249. The summed E-state index contributed by atoms with van der Waals surface area (Å²) < 4.78 is 0. The van der Waals surface area contributed by atoms with E-state index in [0.717, 1.165) is 25.2 Å². The lowest BCUT2D eigenvalue weighted by Crippen LogP contribution is -2.27. The Balaban J connectivity index is 1.45. The molecular formula is C17H20N4O. The van der Waals surface area contributed by atoms with Crippen LogP contribution in [-0.4, -0.2) is 33.9 Å². The summed E-state index contributed by atoms with van der Waals surface area (Å²) in [5.41, 5.74) is 2.25. The molecule has 22 heavy (non-hydrogen) atoms. The van der Waals surface area contributed by atoms with Crippen LogP contribution in [0.3, 0.4) is 0 Å². The summed E-state index contributed by atoms with van der Waals surface area (Å²) in [5.74, 6) is 0.625. The van der Waals surface area contributed by atoms with Crippen LogP contribution in [0.2, 0.25) is 0 Å². The molecule has 2 aromatic rings. The quantitative estimate of drug-likeness (QED) is 0.880. The molecule has 1 amide bonds. The molecular weight excluding hydrogens is 276 g/mol. The molecule has 0 spiro atoms. The van der Waals surface area contributed by atoms with Gasteiger partial charge in [0.05, 0.1) is 0 Å². The predicted molar refractivity (Wildman–Crippen MR) is 83.7 cm³/mol. The van der Waals surface area contributed by atoms with Crippen LogP contribution in [0.4, 0.5) is 0 Å². The predicted octanol–water partition coefficient (Wildman–Crippen LogP) is 1.61. The van der Waals surface area contributed by atoms with E-state index in [-0.39, 0.29) is 5.91 Å². The minimum atomic E-state index is 0.249. The molecule has 0 bridgehead atoms. The Bertz CT molecular complexity index is 603. The first kappa shape index (κ1) is 14.7. The van der Waals surface area contributed by atoms with Crippen LogP contribution in [0.15, 0.2) is 49.1 Å². The van der Waals surface area contributed by atoms with Crippen molar-refractivity contribution in [1.82, 2.24) is 20.2 Å². The molecule has 1 fully saturated rings. The fraction of sp³-hybridized carbons (Fsp3) is 0.353. The van der Waals surface area contributed by atoms with Crippen molar-refractivity contribution in [2.45, 2.75) is 19.5 Å². The summed E-state index contributed by atoms with van der Waals surface area (Å²) in [7, 11) is 0. The van der Waals surface area contributed by atoms with E-state index in [0.29, 0.717) is 18.9 Å². The van der Waals surface area contributed by atoms with Crippen molar-refractivity contribution in [3.8, 4) is 0 Å². The summed E-state index contributed by atoms with van der Waals surface area (Å²) in [6.07, 6.45) is 5.77. The largest absolute Gasteiger partial charge is 0.338 e. The van der Waals surface area contributed by atoms with Gasteiger partial charge in [0, 0.05) is 50.6 Å². The lowest BCUT2D eigenvalue weighted by atomic mass is 10.1. The van der Waals surface area contributed by atoms with Crippen molar-refractivity contribution in [3.63, 3.8) is 0 Å². The third-order valence-corrected chi connectivity index (χ3v) is 3.89. The van der Waals surface area contributed by atoms with Gasteiger partial charge in [-0.3, -0.25) is 4.79 Å². The van der Waals surface area contributed by atoms with Gasteiger partial charge in [-0.2, -0.15) is 0 Å². The topological polar surface area (TPSA) is 58.1 Å². The van der Waals surface area contributed by atoms with Gasteiger partial charge in [-0.05, 0) is 11.5 Å². The number of nitrogens with zero attached hydrogens (tertiary/aromatic N) is 3. The summed E-state index contributed by atoms with van der Waals surface area (Å²) in [6.45, 7) is 3.12. The number of hydrogen-bond donors (Lipinski definition) is 1. The Morgan fingerprint density at radius 3 is 2.68 bits per heavy atom. The van der Waals surface area contributed by atoms with E-state index in [1.54, 1.807) is 0 Å². The van der Waals surface area contributed by atoms with Crippen LogP contribution in [-0.2, 0) is 17.9 Å². The van der Waals surface area contributed by atoms with Crippen LogP contribution < -0.4 is 5.32 Å². The minimum Gasteiger partial charge on any atom is -0.338 e. The second kappa shape index (κ2) is 7.13. The van der Waals surface area contributed by atoms with Crippen LogP contribution in [0.1, 0.15) is 17.5 Å². The standard InChI is InChI=1S/C17H20N4O/c22-17-6-15(7-18-8-16-9-19-13-20-10-16)12-21(17)11-14-4-2-1-3-5-14/h1-5,9-10,13,15,18H,6-8,11-12H2. The molecule has 3 rings (SSSR count). The van der Waals surface area contributed by atoms with Crippen LogP contribution in [0.5, 0.6) is 0 Å². The first-order valence-electron chi connectivity index (χ1n) is 7.57. The maximum Gasteiger partial charge on any atom is 0.223 e.